The van der Waals surface area contributed by atoms with Gasteiger partial charge in [0.05, 0.1) is 5.69 Å². The molecular weight excluding hydrogens is 256 g/mol. The molecule has 0 saturated heterocycles. The molecule has 2 aliphatic rings. The standard InChI is InChI=1S/C11H13BrN2O/c12-9-10(7-3-4-7)13-8(14-11(9)15)5-6-1-2-6/h6-7H,1-5H2,(H,13,14,15). The average molecular weight is 269 g/mol. The van der Waals surface area contributed by atoms with E-state index in [0.717, 1.165) is 23.9 Å². The van der Waals surface area contributed by atoms with Crippen LogP contribution in [0.1, 0.15) is 43.1 Å². The van der Waals surface area contributed by atoms with E-state index in [1.807, 2.05) is 0 Å². The smallest absolute Gasteiger partial charge is 0.265 e. The van der Waals surface area contributed by atoms with Crippen molar-refractivity contribution in [3.63, 3.8) is 0 Å². The number of hydrogen-bond acceptors (Lipinski definition) is 2. The number of nitrogens with zero attached hydrogens (tertiary/aromatic N) is 1. The SMILES string of the molecule is O=c1[nH]c(CC2CC2)nc(C2CC2)c1Br. The Hall–Kier alpha value is -0.640. The highest BCUT2D eigenvalue weighted by Crippen LogP contribution is 2.41. The van der Waals surface area contributed by atoms with Crippen molar-refractivity contribution in [3.8, 4) is 0 Å². The molecular formula is C11H13BrN2O. The number of rotatable bonds is 3. The summed E-state index contributed by atoms with van der Waals surface area (Å²) < 4.78 is 0.643. The van der Waals surface area contributed by atoms with Crippen molar-refractivity contribution in [3.05, 3.63) is 26.3 Å². The van der Waals surface area contributed by atoms with E-state index in [9.17, 15) is 4.79 Å². The van der Waals surface area contributed by atoms with Gasteiger partial charge in [-0.15, -0.1) is 0 Å². The Morgan fingerprint density at radius 1 is 1.33 bits per heavy atom. The van der Waals surface area contributed by atoms with Gasteiger partial charge < -0.3 is 4.98 Å². The maximum absolute atomic E-state index is 11.7. The molecule has 15 heavy (non-hydrogen) atoms. The molecule has 2 fully saturated rings. The molecule has 0 aromatic carbocycles. The summed E-state index contributed by atoms with van der Waals surface area (Å²) >= 11 is 3.33. The van der Waals surface area contributed by atoms with Crippen LogP contribution >= 0.6 is 15.9 Å². The Morgan fingerprint density at radius 3 is 2.67 bits per heavy atom. The molecule has 1 aromatic rings. The van der Waals surface area contributed by atoms with Crippen LogP contribution in [0.15, 0.2) is 9.27 Å². The molecule has 4 heteroatoms. The second-order valence-electron chi connectivity index (χ2n) is 4.63. The fourth-order valence-corrected chi connectivity index (χ4v) is 2.36. The minimum absolute atomic E-state index is 0.0115. The van der Waals surface area contributed by atoms with Crippen molar-refractivity contribution in [1.29, 1.82) is 0 Å². The van der Waals surface area contributed by atoms with Crippen molar-refractivity contribution in [1.82, 2.24) is 9.97 Å². The predicted molar refractivity (Wildman–Crippen MR) is 61.0 cm³/mol. The van der Waals surface area contributed by atoms with Gasteiger partial charge in [-0.05, 0) is 47.5 Å². The van der Waals surface area contributed by atoms with E-state index in [0.29, 0.717) is 10.4 Å². The van der Waals surface area contributed by atoms with Crippen LogP contribution in [-0.4, -0.2) is 9.97 Å². The van der Waals surface area contributed by atoms with Crippen molar-refractivity contribution >= 4 is 15.9 Å². The molecule has 0 atom stereocenters. The maximum atomic E-state index is 11.7. The highest BCUT2D eigenvalue weighted by atomic mass is 79.9. The first-order chi connectivity index (χ1) is 7.24. The largest absolute Gasteiger partial charge is 0.310 e. The van der Waals surface area contributed by atoms with Gasteiger partial charge in [0.15, 0.2) is 0 Å². The minimum Gasteiger partial charge on any atom is -0.310 e. The Labute approximate surface area is 96.4 Å². The molecule has 0 bridgehead atoms. The summed E-state index contributed by atoms with van der Waals surface area (Å²) in [5.74, 6) is 2.17. The van der Waals surface area contributed by atoms with E-state index in [2.05, 4.69) is 25.9 Å². The first-order valence-electron chi connectivity index (χ1n) is 5.52. The monoisotopic (exact) mass is 268 g/mol. The highest BCUT2D eigenvalue weighted by Gasteiger charge is 2.30. The molecule has 1 N–H and O–H groups in total. The van der Waals surface area contributed by atoms with Gasteiger partial charge in [0.1, 0.15) is 10.3 Å². The van der Waals surface area contributed by atoms with Crippen LogP contribution in [0.5, 0.6) is 0 Å². The zero-order valence-corrected chi connectivity index (χ0v) is 10.0. The van der Waals surface area contributed by atoms with E-state index in [1.165, 1.54) is 25.7 Å². The van der Waals surface area contributed by atoms with Gasteiger partial charge in [-0.3, -0.25) is 4.79 Å². The average Bonchev–Trinajstić information content (AvgIpc) is 3.01. The molecule has 3 rings (SSSR count). The summed E-state index contributed by atoms with van der Waals surface area (Å²) in [6.45, 7) is 0. The predicted octanol–water partition coefficient (Wildman–Crippen LogP) is 2.36. The van der Waals surface area contributed by atoms with Gasteiger partial charge in [0, 0.05) is 12.3 Å². The second-order valence-corrected chi connectivity index (χ2v) is 5.43. The molecule has 3 nitrogen and oxygen atoms in total. The van der Waals surface area contributed by atoms with E-state index in [-0.39, 0.29) is 5.56 Å². The van der Waals surface area contributed by atoms with Crippen LogP contribution in [0.2, 0.25) is 0 Å². The quantitative estimate of drug-likeness (QED) is 0.915. The summed E-state index contributed by atoms with van der Waals surface area (Å²) in [5, 5.41) is 0. The van der Waals surface area contributed by atoms with Crippen LogP contribution in [0.3, 0.4) is 0 Å². The first-order valence-corrected chi connectivity index (χ1v) is 6.32. The van der Waals surface area contributed by atoms with Crippen molar-refractivity contribution in [2.24, 2.45) is 5.92 Å². The summed E-state index contributed by atoms with van der Waals surface area (Å²) in [6.07, 6.45) is 5.88. The van der Waals surface area contributed by atoms with Gasteiger partial charge in [-0.2, -0.15) is 0 Å². The number of hydrogen-bond donors (Lipinski definition) is 1. The maximum Gasteiger partial charge on any atom is 0.265 e. The lowest BCUT2D eigenvalue weighted by molar-refractivity contribution is 0.746. The molecule has 0 spiro atoms. The molecule has 0 amide bonds. The fraction of sp³-hybridized carbons (Fsp3) is 0.636. The number of halogens is 1. The lowest BCUT2D eigenvalue weighted by atomic mass is 10.2. The van der Waals surface area contributed by atoms with E-state index < -0.39 is 0 Å². The van der Waals surface area contributed by atoms with Crippen LogP contribution in [0.25, 0.3) is 0 Å². The summed E-state index contributed by atoms with van der Waals surface area (Å²) in [5.41, 5.74) is 0.969. The zero-order valence-electron chi connectivity index (χ0n) is 8.42. The van der Waals surface area contributed by atoms with Crippen LogP contribution in [0.4, 0.5) is 0 Å². The molecule has 80 valence electrons. The van der Waals surface area contributed by atoms with E-state index in [4.69, 9.17) is 0 Å². The second kappa shape index (κ2) is 3.44. The number of H-pyrrole nitrogens is 1. The zero-order chi connectivity index (χ0) is 10.4. The van der Waals surface area contributed by atoms with Gasteiger partial charge >= 0.3 is 0 Å². The summed E-state index contributed by atoms with van der Waals surface area (Å²) in [4.78, 5) is 19.1. The number of nitrogens with one attached hydrogen (secondary N) is 1. The third-order valence-corrected chi connectivity index (χ3v) is 3.85. The van der Waals surface area contributed by atoms with Gasteiger partial charge in [-0.25, -0.2) is 4.98 Å². The Bertz CT molecular complexity index is 446. The van der Waals surface area contributed by atoms with Gasteiger partial charge in [-0.1, -0.05) is 0 Å². The van der Waals surface area contributed by atoms with Crippen LogP contribution in [0, 0.1) is 5.92 Å². The Kier molecular flexibility index (Phi) is 2.20. The number of aromatic nitrogens is 2. The molecule has 2 saturated carbocycles. The number of aromatic amines is 1. The molecule has 0 aliphatic heterocycles. The highest BCUT2D eigenvalue weighted by molar-refractivity contribution is 9.10. The summed E-state index contributed by atoms with van der Waals surface area (Å²) in [7, 11) is 0. The lowest BCUT2D eigenvalue weighted by Crippen LogP contribution is -2.15. The van der Waals surface area contributed by atoms with Gasteiger partial charge in [0.2, 0.25) is 0 Å². The van der Waals surface area contributed by atoms with Crippen molar-refractivity contribution < 1.29 is 0 Å². The third-order valence-electron chi connectivity index (χ3n) is 3.08. The fourth-order valence-electron chi connectivity index (χ4n) is 1.84. The lowest BCUT2D eigenvalue weighted by Gasteiger charge is -2.04. The Balaban J connectivity index is 1.96. The van der Waals surface area contributed by atoms with Crippen LogP contribution in [-0.2, 0) is 6.42 Å². The van der Waals surface area contributed by atoms with Crippen molar-refractivity contribution in [2.75, 3.05) is 0 Å². The van der Waals surface area contributed by atoms with Crippen molar-refractivity contribution in [2.45, 2.75) is 38.0 Å². The first kappa shape index (κ1) is 9.58. The molecule has 1 heterocycles. The molecule has 2 aliphatic carbocycles. The van der Waals surface area contributed by atoms with E-state index >= 15 is 0 Å². The normalized spacial score (nSPS) is 20.6. The molecule has 1 aromatic heterocycles. The molecule has 0 radical (unpaired) electrons. The topological polar surface area (TPSA) is 45.8 Å². The third kappa shape index (κ3) is 2.00. The summed E-state index contributed by atoms with van der Waals surface area (Å²) in [6, 6.07) is 0. The molecule has 0 unspecified atom stereocenters. The van der Waals surface area contributed by atoms with Gasteiger partial charge in [0.25, 0.3) is 5.56 Å². The Morgan fingerprint density at radius 2 is 2.07 bits per heavy atom. The van der Waals surface area contributed by atoms with E-state index in [1.54, 1.807) is 0 Å². The van der Waals surface area contributed by atoms with Crippen LogP contribution < -0.4 is 5.56 Å². The minimum atomic E-state index is -0.0115.